The van der Waals surface area contributed by atoms with Gasteiger partial charge in [0.1, 0.15) is 5.65 Å². The fourth-order valence-electron chi connectivity index (χ4n) is 3.52. The Morgan fingerprint density at radius 1 is 1.13 bits per heavy atom. The van der Waals surface area contributed by atoms with Gasteiger partial charge < -0.3 is 5.32 Å². The van der Waals surface area contributed by atoms with E-state index in [0.29, 0.717) is 0 Å². The topological polar surface area (TPSA) is 86.0 Å². The van der Waals surface area contributed by atoms with Crippen LogP contribution in [0.2, 0.25) is 0 Å². The first kappa shape index (κ1) is 20.7. The number of aromatic nitrogens is 3. The molecular formula is C23H22N4O3S. The van der Waals surface area contributed by atoms with Crippen molar-refractivity contribution in [3.05, 3.63) is 96.4 Å². The number of amides is 1. The van der Waals surface area contributed by atoms with Crippen molar-refractivity contribution in [1.29, 1.82) is 0 Å². The summed E-state index contributed by atoms with van der Waals surface area (Å²) < 4.78 is 2.30. The van der Waals surface area contributed by atoms with E-state index in [1.807, 2.05) is 29.6 Å². The van der Waals surface area contributed by atoms with Gasteiger partial charge >= 0.3 is 5.69 Å². The van der Waals surface area contributed by atoms with E-state index >= 15 is 0 Å². The van der Waals surface area contributed by atoms with Gasteiger partial charge in [0.05, 0.1) is 17.0 Å². The number of fused-ring (bicyclic) bond motifs is 1. The molecule has 7 nitrogen and oxygen atoms in total. The zero-order valence-electron chi connectivity index (χ0n) is 17.5. The molecule has 1 N–H and O–H groups in total. The number of hydrogen-bond donors (Lipinski definition) is 1. The largest absolute Gasteiger partial charge is 0.340 e. The van der Waals surface area contributed by atoms with Crippen LogP contribution in [0.5, 0.6) is 0 Å². The normalized spacial score (nSPS) is 12.1. The number of rotatable bonds is 5. The van der Waals surface area contributed by atoms with Gasteiger partial charge in [0, 0.05) is 25.2 Å². The molecule has 0 bridgehead atoms. The van der Waals surface area contributed by atoms with E-state index in [4.69, 9.17) is 0 Å². The lowest BCUT2D eigenvalue weighted by Gasteiger charge is -2.19. The van der Waals surface area contributed by atoms with E-state index in [0.717, 1.165) is 21.4 Å². The summed E-state index contributed by atoms with van der Waals surface area (Å²) in [4.78, 5) is 43.0. The van der Waals surface area contributed by atoms with Gasteiger partial charge in [-0.25, -0.2) is 9.78 Å². The minimum absolute atomic E-state index is 0.220. The molecule has 3 aromatic heterocycles. The quantitative estimate of drug-likeness (QED) is 0.523. The van der Waals surface area contributed by atoms with Gasteiger partial charge in [-0.05, 0) is 35.1 Å². The van der Waals surface area contributed by atoms with Crippen LogP contribution >= 0.6 is 11.3 Å². The number of thiophene rings is 1. The first-order chi connectivity index (χ1) is 14.9. The number of hydrogen-bond acceptors (Lipinski definition) is 5. The maximum Gasteiger partial charge on any atom is 0.332 e. The van der Waals surface area contributed by atoms with Gasteiger partial charge in [-0.15, -0.1) is 11.3 Å². The van der Waals surface area contributed by atoms with Gasteiger partial charge in [-0.1, -0.05) is 37.3 Å². The molecule has 0 radical (unpaired) electrons. The second-order valence-corrected chi connectivity index (χ2v) is 8.30. The van der Waals surface area contributed by atoms with Crippen molar-refractivity contribution in [1.82, 2.24) is 19.4 Å². The van der Waals surface area contributed by atoms with Crippen molar-refractivity contribution in [2.45, 2.75) is 19.4 Å². The lowest BCUT2D eigenvalue weighted by molar-refractivity contribution is 0.0943. The minimum Gasteiger partial charge on any atom is -0.340 e. The van der Waals surface area contributed by atoms with Crippen LogP contribution in [0.15, 0.2) is 63.6 Å². The van der Waals surface area contributed by atoms with Crippen molar-refractivity contribution >= 4 is 28.3 Å². The smallest absolute Gasteiger partial charge is 0.332 e. The number of carbonyl (C=O) groups is 1. The number of carbonyl (C=O) groups excluding carboxylic acids is 1. The monoisotopic (exact) mass is 434 g/mol. The number of benzene rings is 1. The zero-order valence-corrected chi connectivity index (χ0v) is 18.3. The summed E-state index contributed by atoms with van der Waals surface area (Å²) in [5, 5.41) is 5.26. The fourth-order valence-corrected chi connectivity index (χ4v) is 4.33. The molecule has 0 spiro atoms. The van der Waals surface area contributed by atoms with Crippen molar-refractivity contribution in [3.63, 3.8) is 0 Å². The molecule has 1 amide bonds. The Kier molecular flexibility index (Phi) is 5.56. The van der Waals surface area contributed by atoms with Gasteiger partial charge in [0.15, 0.2) is 0 Å². The minimum atomic E-state index is -0.481. The first-order valence-electron chi connectivity index (χ1n) is 9.89. The Morgan fingerprint density at radius 3 is 2.52 bits per heavy atom. The fraction of sp³-hybridized carbons (Fsp3) is 0.217. The highest BCUT2D eigenvalue weighted by Gasteiger charge is 2.20. The summed E-state index contributed by atoms with van der Waals surface area (Å²) >= 11 is 1.56. The van der Waals surface area contributed by atoms with Crippen LogP contribution in [0.3, 0.4) is 0 Å². The lowest BCUT2D eigenvalue weighted by Crippen LogP contribution is -2.37. The van der Waals surface area contributed by atoms with Crippen LogP contribution in [0.25, 0.3) is 11.0 Å². The predicted molar refractivity (Wildman–Crippen MR) is 122 cm³/mol. The molecule has 4 rings (SSSR count). The molecule has 1 atom stereocenters. The van der Waals surface area contributed by atoms with Crippen LogP contribution in [-0.4, -0.2) is 20.0 Å². The molecule has 0 aliphatic heterocycles. The Balaban J connectivity index is 1.73. The van der Waals surface area contributed by atoms with Crippen molar-refractivity contribution in [2.24, 2.45) is 14.1 Å². The summed E-state index contributed by atoms with van der Waals surface area (Å²) in [6.07, 6.45) is 2.33. The van der Waals surface area contributed by atoms with Gasteiger partial charge in [0.2, 0.25) is 0 Å². The average molecular weight is 435 g/mol. The molecule has 0 aliphatic rings. The molecule has 4 aromatic rings. The summed E-state index contributed by atoms with van der Waals surface area (Å²) in [6, 6.07) is 13.3. The third kappa shape index (κ3) is 3.82. The summed E-state index contributed by atoms with van der Waals surface area (Å²) in [5.41, 5.74) is 1.76. The van der Waals surface area contributed by atoms with E-state index in [-0.39, 0.29) is 28.5 Å². The molecule has 158 valence electrons. The maximum atomic E-state index is 13.1. The molecule has 0 aliphatic carbocycles. The molecule has 8 heteroatoms. The van der Waals surface area contributed by atoms with E-state index in [9.17, 15) is 14.4 Å². The van der Waals surface area contributed by atoms with Crippen molar-refractivity contribution in [3.8, 4) is 0 Å². The van der Waals surface area contributed by atoms with Crippen LogP contribution < -0.4 is 16.6 Å². The Bertz CT molecular complexity index is 1370. The van der Waals surface area contributed by atoms with Gasteiger partial charge in [0.25, 0.3) is 11.5 Å². The molecule has 3 heterocycles. The van der Waals surface area contributed by atoms with Crippen LogP contribution in [-0.2, 0) is 20.5 Å². The molecule has 0 saturated heterocycles. The number of nitrogens with zero attached hydrogens (tertiary/aromatic N) is 3. The highest BCUT2D eigenvalue weighted by atomic mass is 32.1. The highest BCUT2D eigenvalue weighted by Crippen LogP contribution is 2.27. The van der Waals surface area contributed by atoms with E-state index in [2.05, 4.69) is 29.4 Å². The molecule has 31 heavy (non-hydrogen) atoms. The number of nitrogens with one attached hydrogen (secondary N) is 1. The standard InChI is InChI=1S/C23H22N4O3S/c1-4-14-7-9-15(10-8-14)19(18-6-5-11-31-18)25-21(28)16-12-17-20(24-13-16)26(2)23(30)27(3)22(17)29/h5-13,19H,4H2,1-3H3,(H,25,28)/t19-/m0/s1. The predicted octanol–water partition coefficient (Wildman–Crippen LogP) is 2.78. The number of aryl methyl sites for hydroxylation is 2. The van der Waals surface area contributed by atoms with Crippen molar-refractivity contribution in [2.75, 3.05) is 0 Å². The van der Waals surface area contributed by atoms with Crippen LogP contribution in [0.1, 0.15) is 39.3 Å². The highest BCUT2D eigenvalue weighted by molar-refractivity contribution is 7.10. The third-order valence-electron chi connectivity index (χ3n) is 5.38. The molecule has 1 aromatic carbocycles. The second kappa shape index (κ2) is 8.31. The van der Waals surface area contributed by atoms with Gasteiger partial charge in [-0.3, -0.25) is 18.7 Å². The Morgan fingerprint density at radius 2 is 1.87 bits per heavy atom. The SMILES string of the molecule is CCc1ccc([C@H](NC(=O)c2cnc3c(c2)c(=O)n(C)c(=O)n3C)c2cccs2)cc1. The van der Waals surface area contributed by atoms with E-state index in [1.165, 1.54) is 29.4 Å². The molecule has 0 fully saturated rings. The summed E-state index contributed by atoms with van der Waals surface area (Å²) in [5.74, 6) is -0.344. The number of pyridine rings is 1. The molecule has 0 unspecified atom stereocenters. The average Bonchev–Trinajstić information content (AvgIpc) is 3.34. The zero-order chi connectivity index (χ0) is 22.1. The third-order valence-corrected chi connectivity index (χ3v) is 6.32. The second-order valence-electron chi connectivity index (χ2n) is 7.32. The van der Waals surface area contributed by atoms with Crippen LogP contribution in [0.4, 0.5) is 0 Å². The van der Waals surface area contributed by atoms with Crippen LogP contribution in [0, 0.1) is 0 Å². The first-order valence-corrected chi connectivity index (χ1v) is 10.8. The lowest BCUT2D eigenvalue weighted by atomic mass is 10.0. The maximum absolute atomic E-state index is 13.1. The molecule has 0 saturated carbocycles. The Labute approximate surface area is 182 Å². The summed E-state index contributed by atoms with van der Waals surface area (Å²) in [6.45, 7) is 2.10. The molecular weight excluding hydrogens is 412 g/mol. The van der Waals surface area contributed by atoms with E-state index in [1.54, 1.807) is 18.4 Å². The van der Waals surface area contributed by atoms with Crippen molar-refractivity contribution < 1.29 is 4.79 Å². The Hall–Kier alpha value is -3.52. The van der Waals surface area contributed by atoms with E-state index < -0.39 is 11.2 Å². The van der Waals surface area contributed by atoms with Gasteiger partial charge in [-0.2, -0.15) is 0 Å². The summed E-state index contributed by atoms with van der Waals surface area (Å²) in [7, 11) is 2.95.